The predicted octanol–water partition coefficient (Wildman–Crippen LogP) is 1.59. The predicted molar refractivity (Wildman–Crippen MR) is 133 cm³/mol. The first kappa shape index (κ1) is 24.0. The SMILES string of the molecule is C=CC(=O)N1C[C@@H](n2nc(C#Cc3ccc4c(c3)nc(C)n4C)c(C(N)=O)c2NC)C[C@@H]1COC. The minimum Gasteiger partial charge on any atom is -0.383 e. The van der Waals surface area contributed by atoms with Crippen molar-refractivity contribution in [2.24, 2.45) is 12.8 Å². The van der Waals surface area contributed by atoms with Gasteiger partial charge in [-0.25, -0.2) is 9.67 Å². The highest BCUT2D eigenvalue weighted by atomic mass is 16.5. The van der Waals surface area contributed by atoms with E-state index < -0.39 is 5.91 Å². The second-order valence-electron chi connectivity index (χ2n) is 8.50. The van der Waals surface area contributed by atoms with Crippen LogP contribution in [0.5, 0.6) is 0 Å². The first-order valence-electron chi connectivity index (χ1n) is 11.3. The topological polar surface area (TPSA) is 120 Å². The Kier molecular flexibility index (Phi) is 6.62. The van der Waals surface area contributed by atoms with Crippen LogP contribution >= 0.6 is 0 Å². The van der Waals surface area contributed by atoms with E-state index in [0.29, 0.717) is 25.4 Å². The zero-order valence-electron chi connectivity index (χ0n) is 20.3. The molecule has 1 aliphatic heterocycles. The fraction of sp³-hybridized carbons (Fsp3) is 0.360. The number of nitrogens with one attached hydrogen (secondary N) is 1. The summed E-state index contributed by atoms with van der Waals surface area (Å²) < 4.78 is 9.02. The third-order valence-corrected chi connectivity index (χ3v) is 6.38. The molecule has 0 unspecified atom stereocenters. The van der Waals surface area contributed by atoms with Gasteiger partial charge in [0.25, 0.3) is 5.91 Å². The molecule has 4 rings (SSSR count). The van der Waals surface area contributed by atoms with E-state index in [2.05, 4.69) is 33.8 Å². The number of imidazole rings is 1. The van der Waals surface area contributed by atoms with E-state index in [0.717, 1.165) is 22.4 Å². The van der Waals surface area contributed by atoms with Crippen molar-refractivity contribution in [3.8, 4) is 11.8 Å². The van der Waals surface area contributed by atoms with Crippen molar-refractivity contribution >= 4 is 28.7 Å². The van der Waals surface area contributed by atoms with Gasteiger partial charge in [0.05, 0.1) is 29.7 Å². The Bertz CT molecular complexity index is 1380. The second-order valence-corrected chi connectivity index (χ2v) is 8.50. The molecule has 0 spiro atoms. The molecule has 0 saturated carbocycles. The lowest BCUT2D eigenvalue weighted by molar-refractivity contribution is -0.127. The number of benzene rings is 1. The van der Waals surface area contributed by atoms with Crippen LogP contribution in [0, 0.1) is 18.8 Å². The lowest BCUT2D eigenvalue weighted by Gasteiger charge is -2.22. The third-order valence-electron chi connectivity index (χ3n) is 6.38. The highest BCUT2D eigenvalue weighted by Gasteiger charge is 2.37. The molecule has 182 valence electrons. The number of carbonyl (C=O) groups is 2. The van der Waals surface area contributed by atoms with Crippen LogP contribution in [0.4, 0.5) is 5.82 Å². The van der Waals surface area contributed by atoms with Gasteiger partial charge in [-0.15, -0.1) is 0 Å². The Morgan fingerprint density at radius 2 is 2.14 bits per heavy atom. The van der Waals surface area contributed by atoms with Gasteiger partial charge < -0.3 is 25.3 Å². The van der Waals surface area contributed by atoms with E-state index in [1.165, 1.54) is 6.08 Å². The number of nitrogens with two attached hydrogens (primary N) is 1. The van der Waals surface area contributed by atoms with Crippen LogP contribution in [0.25, 0.3) is 11.0 Å². The fourth-order valence-electron chi connectivity index (χ4n) is 4.60. The Morgan fingerprint density at radius 1 is 1.37 bits per heavy atom. The molecule has 1 aromatic carbocycles. The maximum Gasteiger partial charge on any atom is 0.255 e. The molecule has 2 amide bonds. The third kappa shape index (κ3) is 4.38. The van der Waals surface area contributed by atoms with Crippen molar-refractivity contribution in [1.29, 1.82) is 0 Å². The van der Waals surface area contributed by atoms with Crippen molar-refractivity contribution in [1.82, 2.24) is 24.2 Å². The number of aromatic nitrogens is 4. The Labute approximate surface area is 203 Å². The number of likely N-dealkylation sites (tertiary alicyclic amines) is 1. The number of aryl methyl sites for hydroxylation is 2. The van der Waals surface area contributed by atoms with Crippen molar-refractivity contribution in [3.05, 3.63) is 53.5 Å². The van der Waals surface area contributed by atoms with Crippen LogP contribution in [0.3, 0.4) is 0 Å². The number of rotatable bonds is 6. The summed E-state index contributed by atoms with van der Waals surface area (Å²) in [6.45, 7) is 6.33. The average Bonchev–Trinajstić information content (AvgIpc) is 3.50. The summed E-state index contributed by atoms with van der Waals surface area (Å²) in [6.07, 6.45) is 1.89. The molecule has 2 atom stereocenters. The largest absolute Gasteiger partial charge is 0.383 e. The van der Waals surface area contributed by atoms with Crippen molar-refractivity contribution < 1.29 is 14.3 Å². The zero-order chi connectivity index (χ0) is 25.3. The van der Waals surface area contributed by atoms with E-state index in [-0.39, 0.29) is 29.2 Å². The lowest BCUT2D eigenvalue weighted by Crippen LogP contribution is -2.37. The van der Waals surface area contributed by atoms with Gasteiger partial charge in [-0.05, 0) is 43.5 Å². The molecule has 3 heterocycles. The number of fused-ring (bicyclic) bond motifs is 1. The van der Waals surface area contributed by atoms with E-state index >= 15 is 0 Å². The molecule has 35 heavy (non-hydrogen) atoms. The standard InChI is InChI=1S/C25H29N7O3/c1-6-22(33)31-13-17(12-18(31)14-35-5)32-25(27-3)23(24(26)34)19(29-32)9-7-16-8-10-21-20(11-16)28-15(2)30(21)4/h6,8,10-11,17-18,27H,1,12-14H2,2-5H3,(H2,26,34)/t17-,18+/m0/s1. The highest BCUT2D eigenvalue weighted by Crippen LogP contribution is 2.32. The van der Waals surface area contributed by atoms with Crippen LogP contribution in [-0.4, -0.2) is 69.4 Å². The number of primary amides is 1. The monoisotopic (exact) mass is 475 g/mol. The number of carbonyl (C=O) groups excluding carboxylic acids is 2. The quantitative estimate of drug-likeness (QED) is 0.413. The number of amides is 2. The minimum absolute atomic E-state index is 0.135. The van der Waals surface area contributed by atoms with Gasteiger partial charge in [0, 0.05) is 33.3 Å². The van der Waals surface area contributed by atoms with Crippen LogP contribution in [0.15, 0.2) is 30.9 Å². The van der Waals surface area contributed by atoms with Gasteiger partial charge >= 0.3 is 0 Å². The van der Waals surface area contributed by atoms with Gasteiger partial charge in [0.1, 0.15) is 17.2 Å². The molecule has 1 aliphatic rings. The summed E-state index contributed by atoms with van der Waals surface area (Å²) in [6, 6.07) is 5.44. The average molecular weight is 476 g/mol. The molecule has 3 N–H and O–H groups in total. The van der Waals surface area contributed by atoms with Crippen LogP contribution in [-0.2, 0) is 16.6 Å². The first-order valence-corrected chi connectivity index (χ1v) is 11.3. The van der Waals surface area contributed by atoms with E-state index in [1.54, 1.807) is 23.7 Å². The summed E-state index contributed by atoms with van der Waals surface area (Å²) in [5, 5.41) is 7.69. The molecule has 1 saturated heterocycles. The second kappa shape index (κ2) is 9.64. The van der Waals surface area contributed by atoms with Crippen LogP contribution < -0.4 is 11.1 Å². The van der Waals surface area contributed by atoms with Crippen molar-refractivity contribution in [2.45, 2.75) is 25.4 Å². The van der Waals surface area contributed by atoms with E-state index in [9.17, 15) is 9.59 Å². The summed E-state index contributed by atoms with van der Waals surface area (Å²) in [5.74, 6) is 6.67. The number of anilines is 1. The molecular weight excluding hydrogens is 446 g/mol. The Balaban J connectivity index is 1.73. The first-order chi connectivity index (χ1) is 16.8. The number of hydrogen-bond donors (Lipinski definition) is 2. The maximum atomic E-state index is 12.4. The number of nitrogens with zero attached hydrogens (tertiary/aromatic N) is 5. The van der Waals surface area contributed by atoms with Crippen molar-refractivity contribution in [3.63, 3.8) is 0 Å². The molecule has 10 heteroatoms. The molecule has 0 radical (unpaired) electrons. The fourth-order valence-corrected chi connectivity index (χ4v) is 4.60. The number of methoxy groups -OCH3 is 1. The van der Waals surface area contributed by atoms with Gasteiger partial charge in [-0.1, -0.05) is 12.5 Å². The maximum absolute atomic E-state index is 12.4. The summed E-state index contributed by atoms with van der Waals surface area (Å²) in [7, 11) is 5.26. The Hall–Kier alpha value is -4.10. The number of hydrogen-bond acceptors (Lipinski definition) is 6. The van der Waals surface area contributed by atoms with Crippen molar-refractivity contribution in [2.75, 3.05) is 32.6 Å². The molecule has 10 nitrogen and oxygen atoms in total. The Morgan fingerprint density at radius 3 is 2.80 bits per heavy atom. The molecule has 0 aliphatic carbocycles. The van der Waals surface area contributed by atoms with Crippen LogP contribution in [0.1, 0.15) is 39.9 Å². The van der Waals surface area contributed by atoms with Gasteiger partial charge in [-0.2, -0.15) is 5.10 Å². The smallest absolute Gasteiger partial charge is 0.255 e. The zero-order valence-corrected chi connectivity index (χ0v) is 20.3. The molecule has 0 bridgehead atoms. The van der Waals surface area contributed by atoms with Gasteiger partial charge in [-0.3, -0.25) is 9.59 Å². The molecular formula is C25H29N7O3. The van der Waals surface area contributed by atoms with Crippen LogP contribution in [0.2, 0.25) is 0 Å². The minimum atomic E-state index is -0.633. The van der Waals surface area contributed by atoms with Gasteiger partial charge in [0.15, 0.2) is 5.69 Å². The lowest BCUT2D eigenvalue weighted by atomic mass is 10.1. The summed E-state index contributed by atoms with van der Waals surface area (Å²) in [4.78, 5) is 31.0. The molecule has 2 aromatic heterocycles. The normalized spacial score (nSPS) is 17.3. The summed E-state index contributed by atoms with van der Waals surface area (Å²) >= 11 is 0. The summed E-state index contributed by atoms with van der Waals surface area (Å²) in [5.41, 5.74) is 8.82. The molecule has 1 fully saturated rings. The van der Waals surface area contributed by atoms with Gasteiger partial charge in [0.2, 0.25) is 5.91 Å². The highest BCUT2D eigenvalue weighted by molar-refractivity contribution is 6.00. The number of ether oxygens (including phenoxy) is 1. The van der Waals surface area contributed by atoms with E-state index in [1.807, 2.05) is 36.7 Å². The molecule has 3 aromatic rings. The van der Waals surface area contributed by atoms with E-state index in [4.69, 9.17) is 10.5 Å².